The molecule has 1 aromatic carbocycles. The summed E-state index contributed by atoms with van der Waals surface area (Å²) in [6.07, 6.45) is 0.491. The van der Waals surface area contributed by atoms with Crippen LogP contribution in [-0.2, 0) is 10.5 Å². The fourth-order valence-electron chi connectivity index (χ4n) is 1.47. The topological polar surface area (TPSA) is 76.2 Å². The predicted octanol–water partition coefficient (Wildman–Crippen LogP) is 2.33. The Morgan fingerprint density at radius 1 is 1.50 bits per heavy atom. The van der Waals surface area contributed by atoms with Crippen molar-refractivity contribution in [3.8, 4) is 0 Å². The average molecular weight is 282 g/mol. The molecular formula is C12H14N2O2S2. The number of carbonyl (C=O) groups is 1. The Bertz CT molecular complexity index is 509. The molecule has 0 aliphatic carbocycles. The molecule has 0 saturated heterocycles. The summed E-state index contributed by atoms with van der Waals surface area (Å²) in [7, 11) is 0. The van der Waals surface area contributed by atoms with Gasteiger partial charge in [0.2, 0.25) is 0 Å². The second kappa shape index (κ2) is 6.17. The quantitative estimate of drug-likeness (QED) is 0.795. The van der Waals surface area contributed by atoms with Gasteiger partial charge in [0.15, 0.2) is 0 Å². The third-order valence-electron chi connectivity index (χ3n) is 2.45. The van der Waals surface area contributed by atoms with Crippen LogP contribution < -0.4 is 5.73 Å². The number of carboxylic acids is 1. The number of hydrogen-bond acceptors (Lipinski definition) is 5. The standard InChI is InChI=1S/C12H14N2O2S2/c13-8(12(15)16)5-6-17-7-11-14-9-3-1-2-4-10(9)18-11/h1-4,8H,5-7,13H2,(H,15,16). The van der Waals surface area contributed by atoms with E-state index in [1.165, 1.54) is 4.70 Å². The maximum atomic E-state index is 10.5. The number of nitrogens with two attached hydrogens (primary N) is 1. The molecule has 0 saturated carbocycles. The third kappa shape index (κ3) is 3.44. The molecule has 0 aliphatic heterocycles. The number of benzene rings is 1. The number of aliphatic carboxylic acids is 1. The van der Waals surface area contributed by atoms with Crippen LogP contribution >= 0.6 is 23.1 Å². The van der Waals surface area contributed by atoms with Crippen molar-refractivity contribution in [3.05, 3.63) is 29.3 Å². The Kier molecular flexibility index (Phi) is 4.57. The zero-order valence-corrected chi connectivity index (χ0v) is 11.3. The van der Waals surface area contributed by atoms with E-state index in [0.717, 1.165) is 22.0 Å². The highest BCUT2D eigenvalue weighted by molar-refractivity contribution is 7.98. The molecule has 0 bridgehead atoms. The first-order valence-corrected chi connectivity index (χ1v) is 7.54. The summed E-state index contributed by atoms with van der Waals surface area (Å²) in [4.78, 5) is 15.1. The maximum absolute atomic E-state index is 10.5. The Labute approximate surface area is 113 Å². The molecule has 1 atom stereocenters. The van der Waals surface area contributed by atoms with E-state index >= 15 is 0 Å². The number of rotatable bonds is 6. The van der Waals surface area contributed by atoms with Crippen molar-refractivity contribution in [1.29, 1.82) is 0 Å². The minimum atomic E-state index is -0.935. The summed E-state index contributed by atoms with van der Waals surface area (Å²) in [6, 6.07) is 7.28. The van der Waals surface area contributed by atoms with Crippen LogP contribution in [0.3, 0.4) is 0 Å². The molecule has 6 heteroatoms. The fourth-order valence-corrected chi connectivity index (χ4v) is 3.53. The molecule has 0 aliphatic rings. The Hall–Kier alpha value is -1.11. The summed E-state index contributed by atoms with van der Waals surface area (Å²) in [5, 5.41) is 9.72. The van der Waals surface area contributed by atoms with E-state index < -0.39 is 12.0 Å². The Morgan fingerprint density at radius 2 is 2.28 bits per heavy atom. The van der Waals surface area contributed by atoms with Crippen LogP contribution in [0.2, 0.25) is 0 Å². The van der Waals surface area contributed by atoms with Gasteiger partial charge in [0.1, 0.15) is 11.0 Å². The zero-order valence-electron chi connectivity index (χ0n) is 9.70. The van der Waals surface area contributed by atoms with Gasteiger partial charge in [-0.3, -0.25) is 4.79 Å². The number of thiazole rings is 1. The molecule has 18 heavy (non-hydrogen) atoms. The fraction of sp³-hybridized carbons (Fsp3) is 0.333. The first-order valence-electron chi connectivity index (χ1n) is 5.57. The second-order valence-corrected chi connectivity index (χ2v) is 6.08. The van der Waals surface area contributed by atoms with E-state index in [9.17, 15) is 4.79 Å². The third-order valence-corrected chi connectivity index (χ3v) is 4.68. The van der Waals surface area contributed by atoms with Crippen molar-refractivity contribution in [2.24, 2.45) is 5.73 Å². The number of fused-ring (bicyclic) bond motifs is 1. The van der Waals surface area contributed by atoms with Crippen molar-refractivity contribution in [2.75, 3.05) is 5.75 Å². The molecule has 4 nitrogen and oxygen atoms in total. The van der Waals surface area contributed by atoms with E-state index in [0.29, 0.717) is 6.42 Å². The average Bonchev–Trinajstić information content (AvgIpc) is 2.76. The molecule has 0 spiro atoms. The smallest absolute Gasteiger partial charge is 0.320 e. The molecule has 1 heterocycles. The number of carboxylic acid groups (broad SMARTS) is 1. The van der Waals surface area contributed by atoms with Gasteiger partial charge in [-0.2, -0.15) is 11.8 Å². The normalized spacial score (nSPS) is 12.7. The van der Waals surface area contributed by atoms with Gasteiger partial charge >= 0.3 is 5.97 Å². The minimum absolute atomic E-state index is 0.491. The summed E-state index contributed by atoms with van der Waals surface area (Å²) in [5.74, 6) is 0.616. The predicted molar refractivity (Wildman–Crippen MR) is 76.0 cm³/mol. The van der Waals surface area contributed by atoms with Crippen LogP contribution in [0.25, 0.3) is 10.2 Å². The van der Waals surface area contributed by atoms with Crippen LogP contribution in [0, 0.1) is 0 Å². The molecule has 0 radical (unpaired) electrons. The van der Waals surface area contributed by atoms with Gasteiger partial charge in [0.25, 0.3) is 0 Å². The highest BCUT2D eigenvalue weighted by Gasteiger charge is 2.10. The molecule has 3 N–H and O–H groups in total. The van der Waals surface area contributed by atoms with Gasteiger partial charge < -0.3 is 10.8 Å². The summed E-state index contributed by atoms with van der Waals surface area (Å²) >= 11 is 3.35. The van der Waals surface area contributed by atoms with Crippen molar-refractivity contribution in [2.45, 2.75) is 18.2 Å². The number of hydrogen-bond donors (Lipinski definition) is 2. The molecule has 0 fully saturated rings. The molecular weight excluding hydrogens is 268 g/mol. The van der Waals surface area contributed by atoms with E-state index in [1.807, 2.05) is 18.2 Å². The highest BCUT2D eigenvalue weighted by atomic mass is 32.2. The lowest BCUT2D eigenvalue weighted by molar-refractivity contribution is -0.138. The lowest BCUT2D eigenvalue weighted by Gasteiger charge is -2.04. The van der Waals surface area contributed by atoms with Gasteiger partial charge in [0.05, 0.1) is 10.2 Å². The first kappa shape index (κ1) is 13.3. The zero-order chi connectivity index (χ0) is 13.0. The van der Waals surface area contributed by atoms with E-state index in [4.69, 9.17) is 10.8 Å². The van der Waals surface area contributed by atoms with E-state index in [1.54, 1.807) is 23.1 Å². The van der Waals surface area contributed by atoms with E-state index in [-0.39, 0.29) is 0 Å². The van der Waals surface area contributed by atoms with Crippen LogP contribution in [0.1, 0.15) is 11.4 Å². The van der Waals surface area contributed by atoms with E-state index in [2.05, 4.69) is 11.1 Å². The number of nitrogens with zero attached hydrogens (tertiary/aromatic N) is 1. The SMILES string of the molecule is NC(CCSCc1nc2ccccc2s1)C(=O)O. The lowest BCUT2D eigenvalue weighted by atomic mass is 10.2. The lowest BCUT2D eigenvalue weighted by Crippen LogP contribution is -2.30. The van der Waals surface area contributed by atoms with Crippen LogP contribution in [0.4, 0.5) is 0 Å². The summed E-state index contributed by atoms with van der Waals surface area (Å²) in [5.41, 5.74) is 6.46. The molecule has 2 rings (SSSR count). The van der Waals surface area contributed by atoms with Gasteiger partial charge in [-0.15, -0.1) is 11.3 Å². The second-order valence-electron chi connectivity index (χ2n) is 3.86. The van der Waals surface area contributed by atoms with Gasteiger partial charge in [-0.25, -0.2) is 4.98 Å². The maximum Gasteiger partial charge on any atom is 0.320 e. The number of thioether (sulfide) groups is 1. The van der Waals surface area contributed by atoms with Gasteiger partial charge in [-0.05, 0) is 24.3 Å². The van der Waals surface area contributed by atoms with Gasteiger partial charge in [-0.1, -0.05) is 12.1 Å². The Balaban J connectivity index is 1.81. The molecule has 96 valence electrons. The van der Waals surface area contributed by atoms with Crippen molar-refractivity contribution in [3.63, 3.8) is 0 Å². The molecule has 0 amide bonds. The molecule has 1 aromatic heterocycles. The summed E-state index contributed by atoms with van der Waals surface area (Å²) in [6.45, 7) is 0. The van der Waals surface area contributed by atoms with Crippen LogP contribution in [-0.4, -0.2) is 27.9 Å². The molecule has 2 aromatic rings. The first-order chi connectivity index (χ1) is 8.66. The van der Waals surface area contributed by atoms with Gasteiger partial charge in [0, 0.05) is 5.75 Å². The minimum Gasteiger partial charge on any atom is -0.480 e. The van der Waals surface area contributed by atoms with Crippen LogP contribution in [0.15, 0.2) is 24.3 Å². The summed E-state index contributed by atoms with van der Waals surface area (Å²) < 4.78 is 1.19. The highest BCUT2D eigenvalue weighted by Crippen LogP contribution is 2.24. The van der Waals surface area contributed by atoms with Crippen molar-refractivity contribution >= 4 is 39.3 Å². The number of aromatic nitrogens is 1. The van der Waals surface area contributed by atoms with Crippen molar-refractivity contribution in [1.82, 2.24) is 4.98 Å². The van der Waals surface area contributed by atoms with Crippen LogP contribution in [0.5, 0.6) is 0 Å². The molecule has 1 unspecified atom stereocenters. The largest absolute Gasteiger partial charge is 0.480 e. The Morgan fingerprint density at radius 3 is 3.00 bits per heavy atom. The van der Waals surface area contributed by atoms with Crippen molar-refractivity contribution < 1.29 is 9.90 Å². The monoisotopic (exact) mass is 282 g/mol. The number of para-hydroxylation sites is 1.